The Morgan fingerprint density at radius 1 is 1.35 bits per heavy atom. The molecule has 0 aliphatic carbocycles. The Hall–Kier alpha value is -1.32. The van der Waals surface area contributed by atoms with E-state index in [0.717, 1.165) is 22.0 Å². The van der Waals surface area contributed by atoms with E-state index in [-0.39, 0.29) is 6.04 Å². The summed E-state index contributed by atoms with van der Waals surface area (Å²) in [6.07, 6.45) is 1.93. The Balaban J connectivity index is 2.37. The van der Waals surface area contributed by atoms with Crippen molar-refractivity contribution in [2.45, 2.75) is 19.9 Å². The highest BCUT2D eigenvalue weighted by Crippen LogP contribution is 2.25. The van der Waals surface area contributed by atoms with Gasteiger partial charge in [-0.15, -0.1) is 0 Å². The van der Waals surface area contributed by atoms with Crippen molar-refractivity contribution in [2.24, 2.45) is 0 Å². The van der Waals surface area contributed by atoms with Gasteiger partial charge in [-0.25, -0.2) is 4.68 Å². The average Bonchev–Trinajstić information content (AvgIpc) is 2.75. The second kappa shape index (κ2) is 4.90. The minimum absolute atomic E-state index is 0.246. The molecule has 17 heavy (non-hydrogen) atoms. The molecule has 4 heteroatoms. The summed E-state index contributed by atoms with van der Waals surface area (Å²) >= 11 is 6.28. The van der Waals surface area contributed by atoms with Crippen LogP contribution >= 0.6 is 11.6 Å². The molecule has 2 rings (SSSR count). The standard InChI is InChI=1S/C13H16ClN3/c1-9-6-7-17(16-9)11-4-5-12(10(2)15-3)13(14)8-11/h4-8,10,15H,1-3H3. The Morgan fingerprint density at radius 2 is 2.12 bits per heavy atom. The van der Waals surface area contributed by atoms with Crippen LogP contribution in [0.25, 0.3) is 5.69 Å². The lowest BCUT2D eigenvalue weighted by molar-refractivity contribution is 0.652. The van der Waals surface area contributed by atoms with E-state index in [4.69, 9.17) is 11.6 Å². The molecule has 1 N–H and O–H groups in total. The van der Waals surface area contributed by atoms with Gasteiger partial charge in [0.1, 0.15) is 0 Å². The Morgan fingerprint density at radius 3 is 2.65 bits per heavy atom. The van der Waals surface area contributed by atoms with Crippen molar-refractivity contribution in [1.29, 1.82) is 0 Å². The molecule has 0 amide bonds. The van der Waals surface area contributed by atoms with E-state index in [1.165, 1.54) is 0 Å². The smallest absolute Gasteiger partial charge is 0.0660 e. The number of aromatic nitrogens is 2. The summed E-state index contributed by atoms with van der Waals surface area (Å²) in [7, 11) is 1.92. The maximum absolute atomic E-state index is 6.28. The summed E-state index contributed by atoms with van der Waals surface area (Å²) < 4.78 is 1.83. The van der Waals surface area contributed by atoms with Gasteiger partial charge in [0, 0.05) is 17.3 Å². The third kappa shape index (κ3) is 2.51. The molecule has 1 atom stereocenters. The van der Waals surface area contributed by atoms with Gasteiger partial charge in [-0.1, -0.05) is 17.7 Å². The van der Waals surface area contributed by atoms with Crippen molar-refractivity contribution in [1.82, 2.24) is 15.1 Å². The van der Waals surface area contributed by atoms with Gasteiger partial charge in [0.05, 0.1) is 11.4 Å². The number of halogens is 1. The molecule has 0 bridgehead atoms. The van der Waals surface area contributed by atoms with Crippen LogP contribution in [0, 0.1) is 6.92 Å². The highest BCUT2D eigenvalue weighted by Gasteiger charge is 2.09. The van der Waals surface area contributed by atoms with Crippen LogP contribution in [-0.4, -0.2) is 16.8 Å². The van der Waals surface area contributed by atoms with E-state index in [1.54, 1.807) is 0 Å². The average molecular weight is 250 g/mol. The van der Waals surface area contributed by atoms with Crippen LogP contribution in [0.1, 0.15) is 24.2 Å². The Labute approximate surface area is 106 Å². The maximum atomic E-state index is 6.28. The summed E-state index contributed by atoms with van der Waals surface area (Å²) in [5.74, 6) is 0. The molecule has 0 saturated carbocycles. The molecule has 2 aromatic rings. The first-order valence-corrected chi connectivity index (χ1v) is 5.99. The van der Waals surface area contributed by atoms with Crippen molar-refractivity contribution < 1.29 is 0 Å². The van der Waals surface area contributed by atoms with Crippen LogP contribution in [-0.2, 0) is 0 Å². The predicted molar refractivity (Wildman–Crippen MR) is 70.8 cm³/mol. The SMILES string of the molecule is CNC(C)c1ccc(-n2ccc(C)n2)cc1Cl. The predicted octanol–water partition coefficient (Wildman–Crippen LogP) is 3.11. The van der Waals surface area contributed by atoms with Crippen molar-refractivity contribution in [3.05, 3.63) is 46.7 Å². The third-order valence-corrected chi connectivity index (χ3v) is 3.20. The van der Waals surface area contributed by atoms with Crippen LogP contribution < -0.4 is 5.32 Å². The summed E-state index contributed by atoms with van der Waals surface area (Å²) in [6.45, 7) is 4.05. The summed E-state index contributed by atoms with van der Waals surface area (Å²) in [5.41, 5.74) is 3.07. The molecule has 3 nitrogen and oxygen atoms in total. The fraction of sp³-hybridized carbons (Fsp3) is 0.308. The van der Waals surface area contributed by atoms with E-state index in [9.17, 15) is 0 Å². The molecule has 0 saturated heterocycles. The molecule has 0 aliphatic rings. The molecule has 1 heterocycles. The maximum Gasteiger partial charge on any atom is 0.0660 e. The van der Waals surface area contributed by atoms with Gasteiger partial charge in [-0.2, -0.15) is 5.10 Å². The first-order valence-electron chi connectivity index (χ1n) is 5.61. The van der Waals surface area contributed by atoms with Gasteiger partial charge in [0.25, 0.3) is 0 Å². The van der Waals surface area contributed by atoms with Gasteiger partial charge in [0.2, 0.25) is 0 Å². The fourth-order valence-corrected chi connectivity index (χ4v) is 2.06. The van der Waals surface area contributed by atoms with Crippen LogP contribution in [0.2, 0.25) is 5.02 Å². The van der Waals surface area contributed by atoms with Crippen LogP contribution in [0.4, 0.5) is 0 Å². The van der Waals surface area contributed by atoms with Crippen molar-refractivity contribution >= 4 is 11.6 Å². The zero-order valence-corrected chi connectivity index (χ0v) is 11.0. The normalized spacial score (nSPS) is 12.7. The van der Waals surface area contributed by atoms with Gasteiger partial charge in [0.15, 0.2) is 0 Å². The molecule has 0 fully saturated rings. The number of nitrogens with one attached hydrogen (secondary N) is 1. The van der Waals surface area contributed by atoms with E-state index >= 15 is 0 Å². The molecular formula is C13H16ClN3. The number of benzene rings is 1. The zero-order chi connectivity index (χ0) is 12.4. The van der Waals surface area contributed by atoms with Crippen LogP contribution in [0.15, 0.2) is 30.5 Å². The highest BCUT2D eigenvalue weighted by atomic mass is 35.5. The number of aryl methyl sites for hydroxylation is 1. The number of hydrogen-bond donors (Lipinski definition) is 1. The van der Waals surface area contributed by atoms with E-state index in [0.29, 0.717) is 0 Å². The summed E-state index contributed by atoms with van der Waals surface area (Å²) in [5, 5.41) is 8.30. The van der Waals surface area contributed by atoms with Crippen molar-refractivity contribution in [3.8, 4) is 5.69 Å². The lowest BCUT2D eigenvalue weighted by Crippen LogP contribution is -2.12. The molecule has 1 aromatic heterocycles. The Bertz CT molecular complexity index is 519. The largest absolute Gasteiger partial charge is 0.313 e. The molecule has 90 valence electrons. The van der Waals surface area contributed by atoms with Gasteiger partial charge in [-0.3, -0.25) is 0 Å². The Kier molecular flexibility index (Phi) is 3.50. The molecular weight excluding hydrogens is 234 g/mol. The first kappa shape index (κ1) is 12.1. The first-order chi connectivity index (χ1) is 8.11. The van der Waals surface area contributed by atoms with Crippen LogP contribution in [0.5, 0.6) is 0 Å². The van der Waals surface area contributed by atoms with E-state index in [1.807, 2.05) is 49.1 Å². The molecule has 1 aromatic carbocycles. The van der Waals surface area contributed by atoms with Gasteiger partial charge >= 0.3 is 0 Å². The third-order valence-electron chi connectivity index (χ3n) is 2.87. The molecule has 1 unspecified atom stereocenters. The highest BCUT2D eigenvalue weighted by molar-refractivity contribution is 6.31. The van der Waals surface area contributed by atoms with Crippen molar-refractivity contribution in [3.63, 3.8) is 0 Å². The summed E-state index contributed by atoms with van der Waals surface area (Å²) in [4.78, 5) is 0. The molecule has 0 aliphatic heterocycles. The second-order valence-corrected chi connectivity index (χ2v) is 4.53. The van der Waals surface area contributed by atoms with Crippen LogP contribution in [0.3, 0.4) is 0 Å². The fourth-order valence-electron chi connectivity index (χ4n) is 1.72. The quantitative estimate of drug-likeness (QED) is 0.906. The molecule has 0 radical (unpaired) electrons. The summed E-state index contributed by atoms with van der Waals surface area (Å²) in [6, 6.07) is 8.22. The number of hydrogen-bond acceptors (Lipinski definition) is 2. The lowest BCUT2D eigenvalue weighted by Gasteiger charge is -2.13. The second-order valence-electron chi connectivity index (χ2n) is 4.12. The number of rotatable bonds is 3. The zero-order valence-electron chi connectivity index (χ0n) is 10.2. The van der Waals surface area contributed by atoms with Gasteiger partial charge < -0.3 is 5.32 Å². The minimum atomic E-state index is 0.246. The lowest BCUT2D eigenvalue weighted by atomic mass is 10.1. The van der Waals surface area contributed by atoms with E-state index in [2.05, 4.69) is 17.3 Å². The topological polar surface area (TPSA) is 29.9 Å². The monoisotopic (exact) mass is 249 g/mol. The number of nitrogens with zero attached hydrogens (tertiary/aromatic N) is 2. The molecule has 0 spiro atoms. The van der Waals surface area contributed by atoms with Gasteiger partial charge in [-0.05, 0) is 44.7 Å². The van der Waals surface area contributed by atoms with E-state index < -0.39 is 0 Å². The minimum Gasteiger partial charge on any atom is -0.313 e. The van der Waals surface area contributed by atoms with Crippen molar-refractivity contribution in [2.75, 3.05) is 7.05 Å².